The predicted octanol–water partition coefficient (Wildman–Crippen LogP) is 2.43. The number of anilines is 1. The molecule has 1 N–H and O–H groups in total. The molecule has 2 aromatic heterocycles. The minimum absolute atomic E-state index is 0.121. The highest BCUT2D eigenvalue weighted by Gasteiger charge is 2.29. The minimum Gasteiger partial charge on any atom is -0.459 e. The molecule has 3 rings (SSSR count). The monoisotopic (exact) mass is 347 g/mol. The van der Waals surface area contributed by atoms with Gasteiger partial charge in [0.2, 0.25) is 5.91 Å². The first-order valence-corrected chi connectivity index (χ1v) is 8.52. The number of carbonyl (C=O) groups is 3. The highest BCUT2D eigenvalue weighted by Crippen LogP contribution is 2.22. The van der Waals surface area contributed by atoms with E-state index in [1.54, 1.807) is 22.4 Å². The van der Waals surface area contributed by atoms with Gasteiger partial charge in [0.1, 0.15) is 5.69 Å². The second kappa shape index (κ2) is 6.96. The zero-order chi connectivity index (χ0) is 17.1. The third-order valence-corrected chi connectivity index (χ3v) is 4.74. The van der Waals surface area contributed by atoms with E-state index in [0.717, 1.165) is 0 Å². The number of likely N-dealkylation sites (tertiary alicyclic amines) is 1. The Labute approximate surface area is 142 Å². The van der Waals surface area contributed by atoms with Crippen LogP contribution in [0.5, 0.6) is 0 Å². The van der Waals surface area contributed by atoms with Crippen molar-refractivity contribution in [3.05, 3.63) is 35.2 Å². The van der Waals surface area contributed by atoms with Gasteiger partial charge in [0.05, 0.1) is 6.26 Å². The Hall–Kier alpha value is -2.48. The number of piperidine rings is 1. The van der Waals surface area contributed by atoms with Gasteiger partial charge < -0.3 is 14.6 Å². The molecular formula is C16H17N3O4S. The van der Waals surface area contributed by atoms with Crippen molar-refractivity contribution < 1.29 is 18.8 Å². The van der Waals surface area contributed by atoms with Crippen molar-refractivity contribution in [3.63, 3.8) is 0 Å². The molecule has 24 heavy (non-hydrogen) atoms. The van der Waals surface area contributed by atoms with Crippen molar-refractivity contribution in [3.8, 4) is 0 Å². The first-order valence-electron chi connectivity index (χ1n) is 7.64. The van der Waals surface area contributed by atoms with Crippen LogP contribution < -0.4 is 5.32 Å². The number of nitrogens with zero attached hydrogens (tertiary/aromatic N) is 2. The number of rotatable bonds is 4. The number of thiazole rings is 1. The van der Waals surface area contributed by atoms with Crippen LogP contribution in [0.15, 0.2) is 28.2 Å². The average molecular weight is 347 g/mol. The van der Waals surface area contributed by atoms with E-state index in [-0.39, 0.29) is 23.5 Å². The third kappa shape index (κ3) is 3.53. The molecule has 1 aliphatic rings. The van der Waals surface area contributed by atoms with E-state index in [1.165, 1.54) is 24.5 Å². The van der Waals surface area contributed by atoms with Gasteiger partial charge in [-0.15, -0.1) is 11.3 Å². The van der Waals surface area contributed by atoms with Crippen LogP contribution in [-0.4, -0.2) is 40.6 Å². The lowest BCUT2D eigenvalue weighted by Gasteiger charge is -2.30. The fourth-order valence-corrected chi connectivity index (χ4v) is 3.35. The van der Waals surface area contributed by atoms with Crippen molar-refractivity contribution in [1.29, 1.82) is 0 Å². The number of Topliss-reactive ketones (excluding diaryl/α,β-unsaturated/α-hetero) is 1. The van der Waals surface area contributed by atoms with Crippen LogP contribution in [0.1, 0.15) is 40.8 Å². The predicted molar refractivity (Wildman–Crippen MR) is 88.1 cm³/mol. The number of nitrogens with one attached hydrogen (secondary N) is 1. The van der Waals surface area contributed by atoms with E-state index >= 15 is 0 Å². The zero-order valence-corrected chi connectivity index (χ0v) is 14.0. The van der Waals surface area contributed by atoms with Crippen molar-refractivity contribution in [1.82, 2.24) is 9.88 Å². The van der Waals surface area contributed by atoms with E-state index < -0.39 is 0 Å². The lowest BCUT2D eigenvalue weighted by molar-refractivity contribution is -0.121. The molecule has 8 heteroatoms. The molecule has 0 unspecified atom stereocenters. The van der Waals surface area contributed by atoms with Gasteiger partial charge in [-0.3, -0.25) is 14.4 Å². The van der Waals surface area contributed by atoms with Gasteiger partial charge in [-0.05, 0) is 25.0 Å². The van der Waals surface area contributed by atoms with Gasteiger partial charge in [0.25, 0.3) is 5.91 Å². The zero-order valence-electron chi connectivity index (χ0n) is 13.2. The van der Waals surface area contributed by atoms with Gasteiger partial charge in [-0.2, -0.15) is 0 Å². The highest BCUT2D eigenvalue weighted by atomic mass is 32.1. The Morgan fingerprint density at radius 3 is 2.67 bits per heavy atom. The fraction of sp³-hybridized carbons (Fsp3) is 0.375. The number of carbonyl (C=O) groups excluding carboxylic acids is 3. The summed E-state index contributed by atoms with van der Waals surface area (Å²) >= 11 is 1.23. The topological polar surface area (TPSA) is 92.5 Å². The molecule has 1 aliphatic heterocycles. The smallest absolute Gasteiger partial charge is 0.289 e. The number of ketones is 1. The summed E-state index contributed by atoms with van der Waals surface area (Å²) in [6.07, 6.45) is 2.64. The molecule has 7 nitrogen and oxygen atoms in total. The van der Waals surface area contributed by atoms with E-state index in [9.17, 15) is 14.4 Å². The van der Waals surface area contributed by atoms with Crippen molar-refractivity contribution in [2.24, 2.45) is 5.92 Å². The molecule has 3 heterocycles. The van der Waals surface area contributed by atoms with Crippen LogP contribution in [-0.2, 0) is 4.79 Å². The molecular weight excluding hydrogens is 330 g/mol. The second-order valence-corrected chi connectivity index (χ2v) is 6.49. The van der Waals surface area contributed by atoms with Crippen LogP contribution >= 0.6 is 11.3 Å². The molecule has 0 bridgehead atoms. The molecule has 0 atom stereocenters. The van der Waals surface area contributed by atoms with Crippen molar-refractivity contribution >= 4 is 34.1 Å². The fourth-order valence-electron chi connectivity index (χ4n) is 2.60. The summed E-state index contributed by atoms with van der Waals surface area (Å²) in [4.78, 5) is 41.5. The molecule has 1 fully saturated rings. The third-order valence-electron chi connectivity index (χ3n) is 3.98. The molecule has 0 aromatic carbocycles. The first kappa shape index (κ1) is 16.4. The van der Waals surface area contributed by atoms with E-state index in [2.05, 4.69) is 10.3 Å². The van der Waals surface area contributed by atoms with Gasteiger partial charge >= 0.3 is 0 Å². The molecule has 1 saturated heterocycles. The van der Waals surface area contributed by atoms with Crippen LogP contribution in [0.25, 0.3) is 0 Å². The summed E-state index contributed by atoms with van der Waals surface area (Å²) in [5, 5.41) is 4.81. The van der Waals surface area contributed by atoms with Crippen LogP contribution in [0.4, 0.5) is 5.13 Å². The van der Waals surface area contributed by atoms with Gasteiger partial charge in [-0.1, -0.05) is 0 Å². The Balaban J connectivity index is 1.53. The van der Waals surface area contributed by atoms with Crippen molar-refractivity contribution in [2.75, 3.05) is 18.4 Å². The largest absolute Gasteiger partial charge is 0.459 e. The molecule has 0 saturated carbocycles. The second-order valence-electron chi connectivity index (χ2n) is 5.63. The number of amides is 2. The first-order chi connectivity index (χ1) is 11.5. The summed E-state index contributed by atoms with van der Waals surface area (Å²) < 4.78 is 5.12. The number of hydrogen-bond donors (Lipinski definition) is 1. The number of furan rings is 1. The van der Waals surface area contributed by atoms with Crippen LogP contribution in [0, 0.1) is 5.92 Å². The Bertz CT molecular complexity index is 745. The quantitative estimate of drug-likeness (QED) is 0.858. The number of hydrogen-bond acceptors (Lipinski definition) is 6. The summed E-state index contributed by atoms with van der Waals surface area (Å²) in [6.45, 7) is 2.45. The maximum absolute atomic E-state index is 12.3. The van der Waals surface area contributed by atoms with E-state index in [1.807, 2.05) is 0 Å². The average Bonchev–Trinajstić information content (AvgIpc) is 3.26. The summed E-state index contributed by atoms with van der Waals surface area (Å²) in [7, 11) is 0. The minimum atomic E-state index is -0.171. The highest BCUT2D eigenvalue weighted by molar-refractivity contribution is 7.14. The molecule has 2 amide bonds. The maximum atomic E-state index is 12.3. The number of aromatic nitrogens is 1. The Kier molecular flexibility index (Phi) is 4.75. The van der Waals surface area contributed by atoms with Gasteiger partial charge in [0, 0.05) is 31.3 Å². The standard InChI is InChI=1S/C16H17N3O4S/c1-10(20)12-9-24-16(17-12)18-14(21)11-4-6-19(7-5-11)15(22)13-3-2-8-23-13/h2-3,8-9,11H,4-7H2,1H3,(H,17,18,21). The van der Waals surface area contributed by atoms with Gasteiger partial charge in [-0.25, -0.2) is 4.98 Å². The molecule has 0 aliphatic carbocycles. The summed E-state index contributed by atoms with van der Waals surface area (Å²) in [6, 6.07) is 3.31. The molecule has 126 valence electrons. The Morgan fingerprint density at radius 1 is 1.33 bits per heavy atom. The molecule has 0 spiro atoms. The van der Waals surface area contributed by atoms with E-state index in [4.69, 9.17) is 4.42 Å². The molecule has 0 radical (unpaired) electrons. The lowest BCUT2D eigenvalue weighted by atomic mass is 9.96. The van der Waals surface area contributed by atoms with Crippen molar-refractivity contribution in [2.45, 2.75) is 19.8 Å². The summed E-state index contributed by atoms with van der Waals surface area (Å²) in [5.74, 6) is -0.251. The van der Waals surface area contributed by atoms with Crippen LogP contribution in [0.3, 0.4) is 0 Å². The SMILES string of the molecule is CC(=O)c1csc(NC(=O)C2CCN(C(=O)c3ccco3)CC2)n1. The normalized spacial score (nSPS) is 15.3. The van der Waals surface area contributed by atoms with Gasteiger partial charge in [0.15, 0.2) is 16.7 Å². The summed E-state index contributed by atoms with van der Waals surface area (Å²) in [5.41, 5.74) is 0.356. The van der Waals surface area contributed by atoms with Crippen LogP contribution in [0.2, 0.25) is 0 Å². The molecule has 2 aromatic rings. The van der Waals surface area contributed by atoms with E-state index in [0.29, 0.717) is 42.5 Å². The maximum Gasteiger partial charge on any atom is 0.289 e. The lowest BCUT2D eigenvalue weighted by Crippen LogP contribution is -2.41. The Morgan fingerprint density at radius 2 is 2.08 bits per heavy atom.